The van der Waals surface area contributed by atoms with E-state index in [4.69, 9.17) is 11.8 Å². The van der Waals surface area contributed by atoms with Crippen LogP contribution in [0.3, 0.4) is 0 Å². The molecule has 0 aromatic rings. The van der Waals surface area contributed by atoms with Crippen molar-refractivity contribution in [3.05, 3.63) is 72.9 Å². The maximum Gasteiger partial charge on any atom is 0.346 e. The first kappa shape index (κ1) is 56.7. The highest BCUT2D eigenvalue weighted by Crippen LogP contribution is 2.25. The third-order valence-corrected chi connectivity index (χ3v) is 11.6. The number of halogens is 1. The number of nitrogens with zero attached hydrogens (tertiary/aromatic N) is 1. The molecule has 0 aliphatic carbocycles. The molecule has 0 spiro atoms. The fourth-order valence-electron chi connectivity index (χ4n) is 7.14. The molecule has 0 aromatic heterocycles. The molecule has 59 heavy (non-hydrogen) atoms. The number of allylic oxidation sites excluding steroid dienone is 12. The van der Waals surface area contributed by atoms with Crippen molar-refractivity contribution >= 4 is 29.5 Å². The van der Waals surface area contributed by atoms with E-state index in [1.807, 2.05) is 0 Å². The Morgan fingerprint density at radius 2 is 0.508 bits per heavy atom. The average Bonchev–Trinajstić information content (AvgIpc) is 3.24. The minimum absolute atomic E-state index is 0.176. The van der Waals surface area contributed by atoms with Crippen LogP contribution in [-0.4, -0.2) is 21.7 Å². The van der Waals surface area contributed by atoms with Crippen molar-refractivity contribution in [1.82, 2.24) is 0 Å². The highest BCUT2D eigenvalue weighted by Gasteiger charge is 2.50. The molecule has 338 valence electrons. The van der Waals surface area contributed by atoms with Crippen molar-refractivity contribution in [1.29, 1.82) is 0 Å². The Bertz CT molecular complexity index is 1020. The number of carbonyl (C=O) groups is 3. The van der Waals surface area contributed by atoms with Crippen LogP contribution in [0.5, 0.6) is 0 Å². The lowest BCUT2D eigenvalue weighted by atomic mass is 10.1. The maximum atomic E-state index is 13.6. The van der Waals surface area contributed by atoms with Gasteiger partial charge in [-0.15, -0.1) is 0 Å². The summed E-state index contributed by atoms with van der Waals surface area (Å²) in [4.78, 5) is 40.7. The summed E-state index contributed by atoms with van der Waals surface area (Å²) in [5.74, 6) is -1.30. The number of hydrogen-bond acceptors (Lipinski definition) is 3. The molecule has 3 amide bonds. The van der Waals surface area contributed by atoms with E-state index in [-0.39, 0.29) is 19.3 Å². The highest BCUT2D eigenvalue weighted by molar-refractivity contribution is 6.25. The van der Waals surface area contributed by atoms with E-state index in [0.717, 1.165) is 116 Å². The van der Waals surface area contributed by atoms with Gasteiger partial charge < -0.3 is 0 Å². The Morgan fingerprint density at radius 3 is 0.746 bits per heavy atom. The molecular formula is C54H93ClNO3+. The highest BCUT2D eigenvalue weighted by atomic mass is 35.5. The largest absolute Gasteiger partial charge is 0.346 e. The molecule has 0 aliphatic heterocycles. The van der Waals surface area contributed by atoms with E-state index in [2.05, 4.69) is 93.7 Å². The van der Waals surface area contributed by atoms with Crippen LogP contribution in [0, 0.1) is 0 Å². The van der Waals surface area contributed by atoms with Crippen LogP contribution in [0.2, 0.25) is 0 Å². The zero-order valence-electron chi connectivity index (χ0n) is 38.9. The Labute approximate surface area is 371 Å². The molecule has 5 heteroatoms. The summed E-state index contributed by atoms with van der Waals surface area (Å²) in [5, 5.41) is 0. The van der Waals surface area contributed by atoms with Gasteiger partial charge in [0.2, 0.25) is 0 Å². The molecule has 0 atom stereocenters. The molecule has 0 aliphatic rings. The summed E-state index contributed by atoms with van der Waals surface area (Å²) in [6.45, 7) is 6.71. The number of rotatable bonds is 42. The Kier molecular flexibility index (Phi) is 43.5. The fourth-order valence-corrected chi connectivity index (χ4v) is 7.40. The van der Waals surface area contributed by atoms with Crippen LogP contribution >= 0.6 is 11.8 Å². The van der Waals surface area contributed by atoms with E-state index in [0.29, 0.717) is 19.3 Å². The second kappa shape index (κ2) is 45.2. The van der Waals surface area contributed by atoms with Crippen molar-refractivity contribution in [3.8, 4) is 0 Å². The Morgan fingerprint density at radius 1 is 0.305 bits per heavy atom. The van der Waals surface area contributed by atoms with Gasteiger partial charge in [-0.2, -0.15) is 0 Å². The van der Waals surface area contributed by atoms with Gasteiger partial charge in [-0.25, -0.2) is 14.4 Å². The lowest BCUT2D eigenvalue weighted by Gasteiger charge is -2.22. The van der Waals surface area contributed by atoms with Crippen molar-refractivity contribution in [2.75, 3.05) is 0 Å². The smallest absolute Gasteiger partial charge is 0.228 e. The van der Waals surface area contributed by atoms with Gasteiger partial charge in [0.25, 0.3) is 0 Å². The molecule has 0 unspecified atom stereocenters. The Balaban J connectivity index is 4.69. The molecule has 0 saturated carbocycles. The van der Waals surface area contributed by atoms with Gasteiger partial charge in [-0.3, -0.25) is 0 Å². The van der Waals surface area contributed by atoms with Gasteiger partial charge in [0.1, 0.15) is 0 Å². The molecule has 0 saturated heterocycles. The van der Waals surface area contributed by atoms with Crippen molar-refractivity contribution < 1.29 is 18.4 Å². The van der Waals surface area contributed by atoms with Crippen LogP contribution in [0.4, 0.5) is 0 Å². The Hall–Kier alpha value is -2.30. The second-order valence-corrected chi connectivity index (χ2v) is 17.2. The molecule has 4 nitrogen and oxygen atoms in total. The van der Waals surface area contributed by atoms with E-state index in [9.17, 15) is 14.4 Å². The zero-order valence-corrected chi connectivity index (χ0v) is 39.7. The number of carbonyl (C=O) groups excluding carboxylic acids is 3. The van der Waals surface area contributed by atoms with Crippen molar-refractivity contribution in [2.24, 2.45) is 0 Å². The van der Waals surface area contributed by atoms with Gasteiger partial charge in [0.05, 0.1) is 19.3 Å². The lowest BCUT2D eigenvalue weighted by molar-refractivity contribution is -0.581. The third kappa shape index (κ3) is 36.1. The lowest BCUT2D eigenvalue weighted by Crippen LogP contribution is -2.53. The van der Waals surface area contributed by atoms with Crippen LogP contribution in [0.15, 0.2) is 72.9 Å². The number of hydrogen-bond donors (Lipinski definition) is 0. The standard InChI is InChI=1S/C54H93ClNO3/c1-4-7-10-13-16-19-22-25-28-31-34-37-40-43-46-49-52(57)56(55,53(58)50-47-44-41-38-35-32-29-26-23-20-17-14-11-8-5-2)54(59)51-48-45-42-39-36-33-30-27-24-21-18-15-12-9-6-3/h16-21,25-30H,4-15,22-24,31-51H2,1-3H3/q+1/b19-16-,20-17-,21-18-,28-25-,29-26-,30-27-. The van der Waals surface area contributed by atoms with Gasteiger partial charge in [-0.05, 0) is 120 Å². The van der Waals surface area contributed by atoms with E-state index in [1.165, 1.54) is 77.0 Å². The van der Waals surface area contributed by atoms with Crippen LogP contribution in [0.25, 0.3) is 0 Å². The van der Waals surface area contributed by atoms with E-state index < -0.39 is 21.7 Å². The van der Waals surface area contributed by atoms with Gasteiger partial charge in [0, 0.05) is 0 Å². The van der Waals surface area contributed by atoms with Crippen LogP contribution in [-0.2, 0) is 14.4 Å². The van der Waals surface area contributed by atoms with Gasteiger partial charge in [-0.1, -0.05) is 190 Å². The van der Waals surface area contributed by atoms with Gasteiger partial charge in [0.15, 0.2) is 11.8 Å². The number of amides is 3. The molecule has 0 N–H and O–H groups in total. The average molecular weight is 840 g/mol. The monoisotopic (exact) mass is 839 g/mol. The second-order valence-electron chi connectivity index (χ2n) is 16.7. The SMILES string of the molecule is CCCCC/C=C\C/C=C\CCCCCCCC(=O)[N+](Cl)(C(=O)CCCCCCC/C=C\C/C=C\CCCCC)C(=O)CCCCCCC/C=C\C/C=C\CCCCC. The molecule has 0 aromatic carbocycles. The maximum absolute atomic E-state index is 13.6. The predicted octanol–water partition coefficient (Wildman–Crippen LogP) is 18.0. The number of imide groups is 3. The number of quaternary nitrogens is 1. The summed E-state index contributed by atoms with van der Waals surface area (Å²) >= 11 is 6.84. The molecule has 0 heterocycles. The first-order valence-corrected chi connectivity index (χ1v) is 25.4. The topological polar surface area (TPSA) is 51.2 Å². The quantitative estimate of drug-likeness (QED) is 0.0350. The summed E-state index contributed by atoms with van der Waals surface area (Å²) in [7, 11) is 0. The minimum atomic E-state index is -1.16. The van der Waals surface area contributed by atoms with Crippen molar-refractivity contribution in [3.63, 3.8) is 0 Å². The third-order valence-electron chi connectivity index (χ3n) is 11.1. The summed E-state index contributed by atoms with van der Waals surface area (Å²) < 4.78 is -1.16. The predicted molar refractivity (Wildman–Crippen MR) is 259 cm³/mol. The molecular weight excluding hydrogens is 746 g/mol. The fraction of sp³-hybridized carbons (Fsp3) is 0.722. The van der Waals surface area contributed by atoms with E-state index >= 15 is 0 Å². The van der Waals surface area contributed by atoms with Crippen LogP contribution < -0.4 is 0 Å². The molecule has 0 bridgehead atoms. The zero-order chi connectivity index (χ0) is 43.2. The molecule has 0 fully saturated rings. The van der Waals surface area contributed by atoms with Crippen LogP contribution in [0.1, 0.15) is 252 Å². The summed E-state index contributed by atoms with van der Waals surface area (Å²) in [6, 6.07) is 0. The van der Waals surface area contributed by atoms with Gasteiger partial charge >= 0.3 is 17.7 Å². The molecule has 0 radical (unpaired) electrons. The minimum Gasteiger partial charge on any atom is -0.228 e. The normalized spacial score (nSPS) is 12.6. The summed E-state index contributed by atoms with van der Waals surface area (Å²) in [6.07, 6.45) is 63.8. The molecule has 0 rings (SSSR count). The first-order valence-electron chi connectivity index (χ1n) is 25.0. The number of unbranched alkanes of at least 4 members (excludes halogenated alkanes) is 24. The summed E-state index contributed by atoms with van der Waals surface area (Å²) in [5.41, 5.74) is 0. The van der Waals surface area contributed by atoms with Crippen molar-refractivity contribution in [2.45, 2.75) is 252 Å². The van der Waals surface area contributed by atoms with E-state index in [1.54, 1.807) is 0 Å². The first-order chi connectivity index (χ1) is 28.9.